The van der Waals surface area contributed by atoms with E-state index in [2.05, 4.69) is 18.9 Å². The minimum Gasteiger partial charge on any atom is -0.434 e. The monoisotopic (exact) mass is 288 g/mol. The van der Waals surface area contributed by atoms with Gasteiger partial charge in [0.1, 0.15) is 0 Å². The summed E-state index contributed by atoms with van der Waals surface area (Å²) in [7, 11) is 0. The number of rotatable bonds is 3. The molecule has 0 unspecified atom stereocenters. The van der Waals surface area contributed by atoms with Crippen molar-refractivity contribution in [3.05, 3.63) is 24.4 Å². The third-order valence-electron chi connectivity index (χ3n) is 3.51. The highest BCUT2D eigenvalue weighted by atomic mass is 16.6. The molecule has 2 N–H and O–H groups in total. The topological polar surface area (TPSA) is 90.5 Å². The van der Waals surface area contributed by atoms with Crippen molar-refractivity contribution in [2.45, 2.75) is 26.0 Å². The van der Waals surface area contributed by atoms with Crippen molar-refractivity contribution in [2.75, 3.05) is 11.4 Å². The number of benzene rings is 1. The van der Waals surface area contributed by atoms with E-state index in [9.17, 15) is 9.59 Å². The fraction of sp³-hybridized carbons (Fsp3) is 0.357. The number of hydrogen-bond donors (Lipinski definition) is 1. The lowest BCUT2D eigenvalue weighted by Gasteiger charge is -2.13. The Hall–Kier alpha value is -2.57. The van der Waals surface area contributed by atoms with Crippen LogP contribution in [0.15, 0.2) is 24.4 Å². The lowest BCUT2D eigenvalue weighted by atomic mass is 10.2. The van der Waals surface area contributed by atoms with Crippen LogP contribution in [-0.2, 0) is 9.53 Å². The highest BCUT2D eigenvalue weighted by Gasteiger charge is 2.35. The molecule has 1 aliphatic heterocycles. The second-order valence-corrected chi connectivity index (χ2v) is 5.31. The van der Waals surface area contributed by atoms with E-state index in [0.29, 0.717) is 5.69 Å². The molecular formula is C14H16N4O3. The molecule has 0 spiro atoms. The van der Waals surface area contributed by atoms with Crippen LogP contribution in [0.1, 0.15) is 19.9 Å². The van der Waals surface area contributed by atoms with Gasteiger partial charge in [0.05, 0.1) is 18.3 Å². The van der Waals surface area contributed by atoms with E-state index in [4.69, 9.17) is 10.5 Å². The molecule has 7 nitrogen and oxygen atoms in total. The minimum atomic E-state index is -0.897. The highest BCUT2D eigenvalue weighted by molar-refractivity contribution is 5.97. The molecule has 0 bridgehead atoms. The van der Waals surface area contributed by atoms with Gasteiger partial charge >= 0.3 is 6.09 Å². The Kier molecular flexibility index (Phi) is 3.04. The van der Waals surface area contributed by atoms with Gasteiger partial charge in [-0.3, -0.25) is 14.4 Å². The van der Waals surface area contributed by atoms with E-state index in [0.717, 1.165) is 10.9 Å². The Balaban J connectivity index is 1.95. The van der Waals surface area contributed by atoms with Crippen molar-refractivity contribution < 1.29 is 14.3 Å². The van der Waals surface area contributed by atoms with E-state index in [-0.39, 0.29) is 12.6 Å². The zero-order valence-electron chi connectivity index (χ0n) is 11.8. The second-order valence-electron chi connectivity index (χ2n) is 5.31. The number of cyclic esters (lactones) is 1. The summed E-state index contributed by atoms with van der Waals surface area (Å²) >= 11 is 0. The number of nitrogens with two attached hydrogens (primary N) is 1. The summed E-state index contributed by atoms with van der Waals surface area (Å²) in [6.45, 7) is 4.24. The maximum atomic E-state index is 11.8. The van der Waals surface area contributed by atoms with Crippen LogP contribution < -0.4 is 10.6 Å². The molecule has 1 aliphatic rings. The van der Waals surface area contributed by atoms with Gasteiger partial charge in [-0.05, 0) is 32.0 Å². The number of carbonyl (C=O) groups is 2. The van der Waals surface area contributed by atoms with Gasteiger partial charge in [0.2, 0.25) is 0 Å². The number of anilines is 1. The third kappa shape index (κ3) is 2.20. The van der Waals surface area contributed by atoms with Crippen LogP contribution in [0.3, 0.4) is 0 Å². The fourth-order valence-corrected chi connectivity index (χ4v) is 2.44. The maximum absolute atomic E-state index is 11.8. The standard InChI is InChI=1S/C14H16N4O3/c1-8(2)18-11-4-3-10(5-9(11)6-16-18)17-7-12(13(15)19)21-14(17)20/h3-6,8,12H,7H2,1-2H3,(H2,15,19)/t12-/m1/s1. The quantitative estimate of drug-likeness (QED) is 0.925. The minimum absolute atomic E-state index is 0.137. The Morgan fingerprint density at radius 3 is 2.86 bits per heavy atom. The Labute approximate surface area is 121 Å². The number of hydrogen-bond acceptors (Lipinski definition) is 4. The summed E-state index contributed by atoms with van der Waals surface area (Å²) in [4.78, 5) is 24.3. The van der Waals surface area contributed by atoms with Crippen molar-refractivity contribution in [1.29, 1.82) is 0 Å². The Bertz CT molecular complexity index is 722. The van der Waals surface area contributed by atoms with Crippen molar-refractivity contribution >= 4 is 28.6 Å². The SMILES string of the molecule is CC(C)n1ncc2cc(N3C[C@H](C(N)=O)OC3=O)ccc21. The second kappa shape index (κ2) is 4.76. The zero-order chi connectivity index (χ0) is 15.1. The molecule has 1 saturated heterocycles. The molecule has 110 valence electrons. The van der Waals surface area contributed by atoms with Gasteiger partial charge < -0.3 is 10.5 Å². The molecule has 0 radical (unpaired) electrons. The predicted octanol–water partition coefficient (Wildman–Crippen LogP) is 1.43. The molecule has 1 atom stereocenters. The van der Waals surface area contributed by atoms with E-state index < -0.39 is 18.1 Å². The van der Waals surface area contributed by atoms with Crippen LogP contribution in [0.2, 0.25) is 0 Å². The number of fused-ring (bicyclic) bond motifs is 1. The highest BCUT2D eigenvalue weighted by Crippen LogP contribution is 2.27. The lowest BCUT2D eigenvalue weighted by Crippen LogP contribution is -2.32. The van der Waals surface area contributed by atoms with Crippen LogP contribution in [0.5, 0.6) is 0 Å². The summed E-state index contributed by atoms with van der Waals surface area (Å²) in [5.74, 6) is -0.639. The van der Waals surface area contributed by atoms with Crippen LogP contribution in [0, 0.1) is 0 Å². The lowest BCUT2D eigenvalue weighted by molar-refractivity contribution is -0.124. The molecule has 21 heavy (non-hydrogen) atoms. The van der Waals surface area contributed by atoms with Crippen molar-refractivity contribution in [2.24, 2.45) is 5.73 Å². The average Bonchev–Trinajstić information content (AvgIpc) is 3.01. The molecule has 2 amide bonds. The zero-order valence-corrected chi connectivity index (χ0v) is 11.8. The third-order valence-corrected chi connectivity index (χ3v) is 3.51. The molecule has 3 rings (SSSR count). The Morgan fingerprint density at radius 2 is 2.24 bits per heavy atom. The van der Waals surface area contributed by atoms with Gasteiger partial charge in [-0.1, -0.05) is 0 Å². The molecule has 0 saturated carbocycles. The van der Waals surface area contributed by atoms with E-state index in [1.54, 1.807) is 6.20 Å². The van der Waals surface area contributed by atoms with Crippen LogP contribution in [-0.4, -0.2) is 34.4 Å². The van der Waals surface area contributed by atoms with Crippen LogP contribution in [0.25, 0.3) is 10.9 Å². The van der Waals surface area contributed by atoms with Gasteiger partial charge in [0.15, 0.2) is 6.10 Å². The Morgan fingerprint density at radius 1 is 1.48 bits per heavy atom. The first-order chi connectivity index (χ1) is 9.97. The molecule has 1 aromatic carbocycles. The summed E-state index contributed by atoms with van der Waals surface area (Å²) in [6, 6.07) is 5.83. The fourth-order valence-electron chi connectivity index (χ4n) is 2.44. The number of nitrogens with zero attached hydrogens (tertiary/aromatic N) is 3. The number of primary amides is 1. The van der Waals surface area contributed by atoms with E-state index in [1.807, 2.05) is 22.9 Å². The van der Waals surface area contributed by atoms with Gasteiger partial charge in [-0.2, -0.15) is 5.10 Å². The van der Waals surface area contributed by atoms with Gasteiger partial charge in [0, 0.05) is 17.1 Å². The average molecular weight is 288 g/mol. The first-order valence-corrected chi connectivity index (χ1v) is 6.72. The van der Waals surface area contributed by atoms with Gasteiger partial charge in [-0.25, -0.2) is 4.79 Å². The molecule has 1 fully saturated rings. The van der Waals surface area contributed by atoms with Crippen molar-refractivity contribution in [3.8, 4) is 0 Å². The predicted molar refractivity (Wildman–Crippen MR) is 76.9 cm³/mol. The van der Waals surface area contributed by atoms with Gasteiger partial charge in [-0.15, -0.1) is 0 Å². The first-order valence-electron chi connectivity index (χ1n) is 6.72. The molecule has 2 heterocycles. The number of ether oxygens (including phenoxy) is 1. The summed E-state index contributed by atoms with van der Waals surface area (Å²) in [6.07, 6.45) is 0.298. The molecule has 0 aliphatic carbocycles. The van der Waals surface area contributed by atoms with E-state index >= 15 is 0 Å². The normalized spacial score (nSPS) is 18.5. The van der Waals surface area contributed by atoms with Gasteiger partial charge in [0.25, 0.3) is 5.91 Å². The van der Waals surface area contributed by atoms with Crippen LogP contribution >= 0.6 is 0 Å². The van der Waals surface area contributed by atoms with E-state index in [1.165, 1.54) is 4.90 Å². The summed E-state index contributed by atoms with van der Waals surface area (Å²) < 4.78 is 6.85. The number of aromatic nitrogens is 2. The van der Waals surface area contributed by atoms with Crippen molar-refractivity contribution in [1.82, 2.24) is 9.78 Å². The molecular weight excluding hydrogens is 272 g/mol. The van der Waals surface area contributed by atoms with Crippen LogP contribution in [0.4, 0.5) is 10.5 Å². The van der Waals surface area contributed by atoms with Crippen molar-refractivity contribution in [3.63, 3.8) is 0 Å². The first kappa shape index (κ1) is 13.4. The summed E-state index contributed by atoms with van der Waals surface area (Å²) in [5, 5.41) is 5.26. The molecule has 2 aromatic rings. The number of amides is 2. The smallest absolute Gasteiger partial charge is 0.415 e. The molecule has 1 aromatic heterocycles. The molecule has 7 heteroatoms. The summed E-state index contributed by atoms with van der Waals surface area (Å²) in [5.41, 5.74) is 6.83. The maximum Gasteiger partial charge on any atom is 0.415 e. The largest absolute Gasteiger partial charge is 0.434 e. The number of carbonyl (C=O) groups excluding carboxylic acids is 2.